The number of primary amides is 1. The van der Waals surface area contributed by atoms with Crippen molar-refractivity contribution >= 4 is 41.0 Å². The summed E-state index contributed by atoms with van der Waals surface area (Å²) in [4.78, 5) is 80.4. The van der Waals surface area contributed by atoms with E-state index in [0.717, 1.165) is 107 Å². The number of amides is 5. The van der Waals surface area contributed by atoms with Gasteiger partial charge in [0.15, 0.2) is 0 Å². The summed E-state index contributed by atoms with van der Waals surface area (Å²) in [5, 5.41) is 2.25. The van der Waals surface area contributed by atoms with Gasteiger partial charge in [-0.1, -0.05) is 24.3 Å². The normalized spacial score (nSPS) is 24.1. The molecule has 14 heteroatoms. The van der Waals surface area contributed by atoms with Crippen LogP contribution in [0.3, 0.4) is 0 Å². The number of hydrogen-bond donors (Lipinski definition) is 2. The number of fused-ring (bicyclic) bond motifs is 1. The number of anilines is 2. The van der Waals surface area contributed by atoms with Crippen molar-refractivity contribution < 1.29 is 28.7 Å². The van der Waals surface area contributed by atoms with Gasteiger partial charge in [-0.15, -0.1) is 0 Å². The molecule has 6 aliphatic rings. The number of benzene rings is 2. The Morgan fingerprint density at radius 2 is 1.70 bits per heavy atom. The number of rotatable bonds is 9. The zero-order chi connectivity index (χ0) is 38.6. The summed E-state index contributed by atoms with van der Waals surface area (Å²) in [5.41, 5.74) is 10.7. The van der Waals surface area contributed by atoms with E-state index in [9.17, 15) is 24.0 Å². The minimum Gasteiger partial charge on any atom is -0.380 e. The number of imide groups is 2. The highest BCUT2D eigenvalue weighted by atomic mass is 16.5. The fourth-order valence-corrected chi connectivity index (χ4v) is 9.72. The molecule has 2 atom stereocenters. The molecule has 9 rings (SSSR count). The van der Waals surface area contributed by atoms with E-state index in [1.807, 2.05) is 6.07 Å². The Labute approximate surface area is 325 Å². The van der Waals surface area contributed by atoms with Gasteiger partial charge in [-0.2, -0.15) is 0 Å². The Hall–Kier alpha value is -5.21. The molecule has 14 nitrogen and oxygen atoms in total. The third kappa shape index (κ3) is 6.93. The van der Waals surface area contributed by atoms with Crippen molar-refractivity contribution in [2.75, 3.05) is 68.8 Å². The van der Waals surface area contributed by atoms with Crippen LogP contribution in [0.25, 0.3) is 0 Å². The standard InChI is InChI=1S/C42H48N8O6/c43-38(52)37-33(45-35(20-44-37)49-14-1-13-42(23-49)24-56-25-42)18-26-2-4-28(5-3-26)29-11-15-47(16-12-29)21-27-10-17-48(22-27)30-6-7-31-32(19-30)41(55)50(40(31)54)34-8-9-36(51)46-39(34)53/h2-7,19-20,27,29,34H,1,8-18,21-25H2,(H2,43,52)(H,46,51,53). The lowest BCUT2D eigenvalue weighted by atomic mass is 9.78. The molecule has 6 aliphatic heterocycles. The second kappa shape index (κ2) is 14.7. The molecule has 0 radical (unpaired) electrons. The van der Waals surface area contributed by atoms with Gasteiger partial charge in [0.25, 0.3) is 17.7 Å². The van der Waals surface area contributed by atoms with Gasteiger partial charge in [-0.05, 0) is 92.8 Å². The molecule has 292 valence electrons. The number of piperidine rings is 3. The molecule has 3 aromatic rings. The number of aromatic nitrogens is 2. The van der Waals surface area contributed by atoms with E-state index in [-0.39, 0.29) is 29.9 Å². The molecule has 2 unspecified atom stereocenters. The van der Waals surface area contributed by atoms with Crippen molar-refractivity contribution in [3.8, 4) is 0 Å². The second-order valence-electron chi connectivity index (χ2n) is 16.7. The lowest BCUT2D eigenvalue weighted by Crippen LogP contribution is -2.54. The largest absolute Gasteiger partial charge is 0.380 e. The van der Waals surface area contributed by atoms with Gasteiger partial charge in [-0.3, -0.25) is 34.2 Å². The third-order valence-corrected chi connectivity index (χ3v) is 12.9. The molecule has 7 heterocycles. The number of nitrogens with one attached hydrogen (secondary N) is 1. The monoisotopic (exact) mass is 760 g/mol. The van der Waals surface area contributed by atoms with Crippen LogP contribution in [0.5, 0.6) is 0 Å². The average molecular weight is 761 g/mol. The Balaban J connectivity index is 0.774. The van der Waals surface area contributed by atoms with Crippen LogP contribution in [0, 0.1) is 11.3 Å². The van der Waals surface area contributed by atoms with Crippen LogP contribution < -0.4 is 20.9 Å². The zero-order valence-corrected chi connectivity index (χ0v) is 31.6. The first-order chi connectivity index (χ1) is 27.1. The predicted octanol–water partition coefficient (Wildman–Crippen LogP) is 2.89. The first kappa shape index (κ1) is 36.4. The molecule has 1 aromatic heterocycles. The topological polar surface area (TPSA) is 171 Å². The van der Waals surface area contributed by atoms with E-state index in [4.69, 9.17) is 15.5 Å². The van der Waals surface area contributed by atoms with Crippen LogP contribution >= 0.6 is 0 Å². The van der Waals surface area contributed by atoms with Crippen molar-refractivity contribution in [2.45, 2.75) is 63.3 Å². The molecular weight excluding hydrogens is 713 g/mol. The maximum atomic E-state index is 13.4. The number of carbonyl (C=O) groups is 5. The van der Waals surface area contributed by atoms with E-state index >= 15 is 0 Å². The molecule has 2 aromatic carbocycles. The molecule has 5 fully saturated rings. The molecule has 3 N–H and O–H groups in total. The van der Waals surface area contributed by atoms with Crippen LogP contribution in [0.15, 0.2) is 48.7 Å². The summed E-state index contributed by atoms with van der Waals surface area (Å²) in [6, 6.07) is 13.1. The van der Waals surface area contributed by atoms with Gasteiger partial charge in [0.1, 0.15) is 17.6 Å². The Kier molecular flexibility index (Phi) is 9.56. The summed E-state index contributed by atoms with van der Waals surface area (Å²) in [6.07, 6.45) is 7.87. The smallest absolute Gasteiger partial charge is 0.269 e. The highest BCUT2D eigenvalue weighted by molar-refractivity contribution is 6.23. The van der Waals surface area contributed by atoms with Crippen molar-refractivity contribution in [3.63, 3.8) is 0 Å². The lowest BCUT2D eigenvalue weighted by Gasteiger charge is -2.48. The third-order valence-electron chi connectivity index (χ3n) is 12.9. The SMILES string of the molecule is NC(=O)c1ncc(N2CCCC3(COC3)C2)nc1Cc1ccc(C2CCN(CC3CCN(c4ccc5c(c4)C(=O)N(C4CCC(=O)NC4=O)C5=O)C3)CC2)cc1. The summed E-state index contributed by atoms with van der Waals surface area (Å²) in [6.45, 7) is 8.21. The number of nitrogens with zero attached hydrogens (tertiary/aromatic N) is 6. The van der Waals surface area contributed by atoms with Crippen LogP contribution in [0.2, 0.25) is 0 Å². The molecule has 56 heavy (non-hydrogen) atoms. The van der Waals surface area contributed by atoms with Gasteiger partial charge in [0.05, 0.1) is 36.2 Å². The molecule has 0 aliphatic carbocycles. The fraction of sp³-hybridized carbons (Fsp3) is 0.500. The van der Waals surface area contributed by atoms with Crippen LogP contribution in [0.4, 0.5) is 11.5 Å². The highest BCUT2D eigenvalue weighted by Crippen LogP contribution is 2.39. The summed E-state index contributed by atoms with van der Waals surface area (Å²) < 4.78 is 5.53. The van der Waals surface area contributed by atoms with Crippen molar-refractivity contribution in [1.82, 2.24) is 25.1 Å². The van der Waals surface area contributed by atoms with Gasteiger partial charge in [0.2, 0.25) is 11.8 Å². The molecular formula is C42H48N8O6. The van der Waals surface area contributed by atoms with Gasteiger partial charge < -0.3 is 25.2 Å². The summed E-state index contributed by atoms with van der Waals surface area (Å²) >= 11 is 0. The van der Waals surface area contributed by atoms with Crippen LogP contribution in [0.1, 0.15) is 98.9 Å². The molecule has 0 saturated carbocycles. The number of nitrogens with two attached hydrogens (primary N) is 1. The minimum absolute atomic E-state index is 0.0969. The lowest BCUT2D eigenvalue weighted by molar-refractivity contribution is -0.136. The second-order valence-corrected chi connectivity index (χ2v) is 16.7. The Morgan fingerprint density at radius 1 is 0.911 bits per heavy atom. The van der Waals surface area contributed by atoms with E-state index in [0.29, 0.717) is 35.1 Å². The van der Waals surface area contributed by atoms with E-state index < -0.39 is 29.7 Å². The number of carbonyl (C=O) groups excluding carboxylic acids is 5. The zero-order valence-electron chi connectivity index (χ0n) is 31.6. The van der Waals surface area contributed by atoms with Crippen molar-refractivity contribution in [1.29, 1.82) is 0 Å². The Bertz CT molecular complexity index is 2080. The predicted molar refractivity (Wildman–Crippen MR) is 206 cm³/mol. The van der Waals surface area contributed by atoms with Gasteiger partial charge in [-0.25, -0.2) is 9.97 Å². The van der Waals surface area contributed by atoms with Crippen molar-refractivity contribution in [2.24, 2.45) is 17.1 Å². The molecule has 0 bridgehead atoms. The maximum absolute atomic E-state index is 13.4. The Morgan fingerprint density at radius 3 is 2.43 bits per heavy atom. The van der Waals surface area contributed by atoms with Crippen LogP contribution in [-0.4, -0.2) is 114 Å². The first-order valence-electron chi connectivity index (χ1n) is 20.0. The number of hydrogen-bond acceptors (Lipinski definition) is 11. The van der Waals surface area contributed by atoms with Crippen LogP contribution in [-0.2, 0) is 20.7 Å². The molecule has 1 spiro atoms. The van der Waals surface area contributed by atoms with Crippen molar-refractivity contribution in [3.05, 3.63) is 82.3 Å². The van der Waals surface area contributed by atoms with Gasteiger partial charge >= 0.3 is 0 Å². The number of likely N-dealkylation sites (tertiary alicyclic amines) is 1. The first-order valence-corrected chi connectivity index (χ1v) is 20.0. The van der Waals surface area contributed by atoms with E-state index in [2.05, 4.69) is 49.3 Å². The molecule has 5 amide bonds. The summed E-state index contributed by atoms with van der Waals surface area (Å²) in [5.74, 6) is -0.736. The minimum atomic E-state index is -0.967. The maximum Gasteiger partial charge on any atom is 0.269 e. The number of ether oxygens (including phenoxy) is 1. The average Bonchev–Trinajstić information content (AvgIpc) is 3.76. The van der Waals surface area contributed by atoms with E-state index in [1.54, 1.807) is 18.3 Å². The molecule has 5 saturated heterocycles. The van der Waals surface area contributed by atoms with E-state index in [1.165, 1.54) is 12.0 Å². The quantitative estimate of drug-likeness (QED) is 0.308. The fourth-order valence-electron chi connectivity index (χ4n) is 9.72. The highest BCUT2D eigenvalue weighted by Gasteiger charge is 2.45. The van der Waals surface area contributed by atoms with Gasteiger partial charge in [0, 0.05) is 56.7 Å². The summed E-state index contributed by atoms with van der Waals surface area (Å²) in [7, 11) is 0.